The predicted octanol–water partition coefficient (Wildman–Crippen LogP) is 1.93. The molecule has 0 heterocycles. The van der Waals surface area contributed by atoms with Gasteiger partial charge < -0.3 is 4.74 Å². The van der Waals surface area contributed by atoms with Gasteiger partial charge in [-0.25, -0.2) is 0 Å². The summed E-state index contributed by atoms with van der Waals surface area (Å²) < 4.78 is 41.2. The number of benzene rings is 1. The third-order valence-electron chi connectivity index (χ3n) is 2.10. The Morgan fingerprint density at radius 1 is 1.11 bits per heavy atom. The van der Waals surface area contributed by atoms with Gasteiger partial charge in [0.1, 0.15) is 0 Å². The molecule has 0 fully saturated rings. The second-order valence-electron chi connectivity index (χ2n) is 3.58. The van der Waals surface area contributed by atoms with Crippen LogP contribution < -0.4 is 0 Å². The van der Waals surface area contributed by atoms with E-state index in [1.54, 1.807) is 6.07 Å². The van der Waals surface area contributed by atoms with E-state index in [4.69, 9.17) is 0 Å². The monoisotopic (exact) mass is 274 g/mol. The summed E-state index contributed by atoms with van der Waals surface area (Å²) in [6, 6.07) is 6.82. The van der Waals surface area contributed by atoms with E-state index in [2.05, 4.69) is 4.74 Å². The van der Waals surface area contributed by atoms with Gasteiger partial charge in [-0.1, -0.05) is 30.3 Å². The second kappa shape index (κ2) is 5.64. The zero-order valence-corrected chi connectivity index (χ0v) is 9.73. The van der Waals surface area contributed by atoms with Crippen molar-refractivity contribution in [2.45, 2.75) is 19.2 Å². The summed E-state index contributed by atoms with van der Waals surface area (Å²) in [5.74, 6) is -4.76. The summed E-state index contributed by atoms with van der Waals surface area (Å²) in [5.41, 5.74) is -0.147. The summed E-state index contributed by atoms with van der Waals surface area (Å²) in [7, 11) is 0. The number of hydrogen-bond donors (Lipinski definition) is 0. The quantitative estimate of drug-likeness (QED) is 0.478. The number of halogens is 3. The maximum atomic E-state index is 12.3. The van der Waals surface area contributed by atoms with Crippen molar-refractivity contribution in [2.75, 3.05) is 0 Å². The van der Waals surface area contributed by atoms with Crippen LogP contribution in [0.4, 0.5) is 13.2 Å². The van der Waals surface area contributed by atoms with Gasteiger partial charge in [0.15, 0.2) is 0 Å². The molecule has 0 saturated carbocycles. The van der Waals surface area contributed by atoms with E-state index < -0.39 is 29.8 Å². The number of rotatable bonds is 4. The van der Waals surface area contributed by atoms with Gasteiger partial charge in [-0.2, -0.15) is 13.2 Å². The van der Waals surface area contributed by atoms with Crippen molar-refractivity contribution in [1.82, 2.24) is 0 Å². The van der Waals surface area contributed by atoms with Crippen molar-refractivity contribution < 1.29 is 32.3 Å². The Kier molecular flexibility index (Phi) is 4.42. The summed E-state index contributed by atoms with van der Waals surface area (Å²) in [6.07, 6.45) is -7.76. The number of Topliss-reactive ketones (excluding diaryl/α,β-unsaturated/α-hetero) is 2. The Morgan fingerprint density at radius 2 is 1.63 bits per heavy atom. The molecule has 0 aliphatic heterocycles. The van der Waals surface area contributed by atoms with Crippen LogP contribution >= 0.6 is 0 Å². The maximum absolute atomic E-state index is 12.3. The molecule has 1 rings (SSSR count). The van der Waals surface area contributed by atoms with Crippen LogP contribution in [0.25, 0.3) is 0 Å². The largest absolute Gasteiger partial charge is 0.454 e. The summed E-state index contributed by atoms with van der Waals surface area (Å²) in [6.45, 7) is 0.814. The Balaban J connectivity index is 3.08. The lowest BCUT2D eigenvalue weighted by molar-refractivity contribution is -0.182. The van der Waals surface area contributed by atoms with E-state index in [-0.39, 0.29) is 5.56 Å². The van der Waals surface area contributed by atoms with Gasteiger partial charge in [0, 0.05) is 12.5 Å². The van der Waals surface area contributed by atoms with Crippen molar-refractivity contribution in [1.29, 1.82) is 0 Å². The van der Waals surface area contributed by atoms with Crippen LogP contribution in [0.3, 0.4) is 0 Å². The highest BCUT2D eigenvalue weighted by atomic mass is 19.4. The topological polar surface area (TPSA) is 60.4 Å². The number of ether oxygens (including phenoxy) is 1. The van der Waals surface area contributed by atoms with Gasteiger partial charge in [-0.3, -0.25) is 14.4 Å². The van der Waals surface area contributed by atoms with Crippen LogP contribution in [-0.4, -0.2) is 29.8 Å². The van der Waals surface area contributed by atoms with E-state index in [1.807, 2.05) is 0 Å². The van der Waals surface area contributed by atoms with Crippen molar-refractivity contribution >= 4 is 17.5 Å². The van der Waals surface area contributed by atoms with Gasteiger partial charge in [-0.15, -0.1) is 0 Å². The van der Waals surface area contributed by atoms with Crippen LogP contribution in [0.1, 0.15) is 17.3 Å². The lowest BCUT2D eigenvalue weighted by atomic mass is 10.0. The van der Waals surface area contributed by atoms with Gasteiger partial charge >= 0.3 is 12.1 Å². The molecule has 0 spiro atoms. The van der Waals surface area contributed by atoms with E-state index in [0.717, 1.165) is 6.92 Å². The summed E-state index contributed by atoms with van der Waals surface area (Å²) in [5, 5.41) is 0. The molecule has 19 heavy (non-hydrogen) atoms. The number of carbonyl (C=O) groups excluding carboxylic acids is 3. The molecule has 1 aromatic rings. The number of hydrogen-bond acceptors (Lipinski definition) is 4. The third-order valence-corrected chi connectivity index (χ3v) is 2.10. The molecule has 102 valence electrons. The highest BCUT2D eigenvalue weighted by Gasteiger charge is 2.48. The molecule has 0 N–H and O–H groups in total. The van der Waals surface area contributed by atoms with Crippen LogP contribution in [0.15, 0.2) is 30.3 Å². The second-order valence-corrected chi connectivity index (χ2v) is 3.58. The molecule has 0 saturated heterocycles. The summed E-state index contributed by atoms with van der Waals surface area (Å²) >= 11 is 0. The van der Waals surface area contributed by atoms with Gasteiger partial charge in [-0.05, 0) is 0 Å². The molecule has 0 bridgehead atoms. The minimum atomic E-state index is -5.26. The molecule has 0 aliphatic carbocycles. The van der Waals surface area contributed by atoms with Crippen LogP contribution in [0.5, 0.6) is 0 Å². The molecule has 0 amide bonds. The number of carbonyl (C=O) groups is 3. The zero-order valence-electron chi connectivity index (χ0n) is 9.73. The van der Waals surface area contributed by atoms with E-state index in [1.165, 1.54) is 24.3 Å². The van der Waals surface area contributed by atoms with Crippen molar-refractivity contribution in [3.05, 3.63) is 35.9 Å². The predicted molar refractivity (Wildman–Crippen MR) is 57.4 cm³/mol. The molecule has 0 aliphatic rings. The minimum absolute atomic E-state index is 0.147. The molecular weight excluding hydrogens is 265 g/mol. The molecule has 0 radical (unpaired) electrons. The van der Waals surface area contributed by atoms with Crippen LogP contribution in [-0.2, 0) is 14.3 Å². The first-order valence-electron chi connectivity index (χ1n) is 5.11. The Bertz CT molecular complexity index is 493. The molecule has 1 aromatic carbocycles. The standard InChI is InChI=1S/C12H9F3O4/c1-7(16)19-10(11(18)12(13,14)15)9(17)8-5-3-2-4-6-8/h2-6,10H,1H3. The average Bonchev–Trinajstić information content (AvgIpc) is 2.34. The number of esters is 1. The van der Waals surface area contributed by atoms with Gasteiger partial charge in [0.05, 0.1) is 0 Å². The lowest BCUT2D eigenvalue weighted by Crippen LogP contribution is -2.42. The molecule has 7 heteroatoms. The highest BCUT2D eigenvalue weighted by Crippen LogP contribution is 2.21. The number of ketones is 2. The maximum Gasteiger partial charge on any atom is 0.454 e. The highest BCUT2D eigenvalue weighted by molar-refractivity contribution is 6.15. The Labute approximate surface area is 106 Å². The SMILES string of the molecule is CC(=O)OC(C(=O)c1ccccc1)C(=O)C(F)(F)F. The summed E-state index contributed by atoms with van der Waals surface area (Å²) in [4.78, 5) is 33.6. The molecule has 1 unspecified atom stereocenters. The Hall–Kier alpha value is -2.18. The smallest absolute Gasteiger partial charge is 0.446 e. The Morgan fingerprint density at radius 3 is 2.05 bits per heavy atom. The van der Waals surface area contributed by atoms with Gasteiger partial charge in [0.25, 0.3) is 5.78 Å². The van der Waals surface area contributed by atoms with Crippen molar-refractivity contribution in [2.24, 2.45) is 0 Å². The number of alkyl halides is 3. The van der Waals surface area contributed by atoms with Crippen molar-refractivity contribution in [3.8, 4) is 0 Å². The first-order chi connectivity index (χ1) is 8.73. The normalized spacial score (nSPS) is 12.6. The first-order valence-corrected chi connectivity index (χ1v) is 5.11. The molecule has 0 aromatic heterocycles. The first kappa shape index (κ1) is 14.9. The molecule has 4 nitrogen and oxygen atoms in total. The van der Waals surface area contributed by atoms with Crippen LogP contribution in [0.2, 0.25) is 0 Å². The van der Waals surface area contributed by atoms with Crippen LogP contribution in [0, 0.1) is 0 Å². The zero-order chi connectivity index (χ0) is 14.6. The fourth-order valence-electron chi connectivity index (χ4n) is 1.29. The minimum Gasteiger partial charge on any atom is -0.446 e. The average molecular weight is 274 g/mol. The van der Waals surface area contributed by atoms with Gasteiger partial charge in [0.2, 0.25) is 11.9 Å². The fourth-order valence-corrected chi connectivity index (χ4v) is 1.29. The fraction of sp³-hybridized carbons (Fsp3) is 0.250. The third kappa shape index (κ3) is 3.90. The van der Waals surface area contributed by atoms with E-state index in [9.17, 15) is 27.6 Å². The van der Waals surface area contributed by atoms with E-state index >= 15 is 0 Å². The molecular formula is C12H9F3O4. The van der Waals surface area contributed by atoms with E-state index in [0.29, 0.717) is 0 Å². The van der Waals surface area contributed by atoms with Crippen molar-refractivity contribution in [3.63, 3.8) is 0 Å². The lowest BCUT2D eigenvalue weighted by Gasteiger charge is -2.16. The molecule has 1 atom stereocenters.